The van der Waals surface area contributed by atoms with Gasteiger partial charge in [-0.05, 0) is 13.8 Å². The van der Waals surface area contributed by atoms with Gasteiger partial charge in [0.1, 0.15) is 0 Å². The summed E-state index contributed by atoms with van der Waals surface area (Å²) in [5, 5.41) is 3.29. The topological polar surface area (TPSA) is 83.4 Å². The van der Waals surface area contributed by atoms with Crippen LogP contribution in [0.3, 0.4) is 0 Å². The van der Waals surface area contributed by atoms with E-state index in [4.69, 9.17) is 0 Å². The Hall–Kier alpha value is -1.63. The van der Waals surface area contributed by atoms with Gasteiger partial charge in [-0.2, -0.15) is 0 Å². The molecular weight excluding hydrogens is 218 g/mol. The van der Waals surface area contributed by atoms with E-state index in [9.17, 15) is 9.59 Å². The van der Waals surface area contributed by atoms with Gasteiger partial charge in [-0.1, -0.05) is 5.16 Å². The summed E-state index contributed by atoms with van der Waals surface area (Å²) in [5.41, 5.74) is -0.541. The Bertz CT molecular complexity index is 243. The van der Waals surface area contributed by atoms with E-state index >= 15 is 0 Å². The Kier molecular flexibility index (Phi) is 7.78. The highest BCUT2D eigenvalue weighted by atomic mass is 16.7. The molecule has 0 rings (SSSR count). The van der Waals surface area contributed by atoms with E-state index in [0.717, 1.165) is 0 Å². The lowest BCUT2D eigenvalue weighted by atomic mass is 10.4. The molecule has 92 valence electrons. The zero-order valence-electron chi connectivity index (χ0n) is 9.52. The summed E-state index contributed by atoms with van der Waals surface area (Å²) < 4.78 is 13.8. The quantitative estimate of drug-likeness (QED) is 0.155. The highest BCUT2D eigenvalue weighted by Gasteiger charge is 2.24. The summed E-state index contributed by atoms with van der Waals surface area (Å²) in [7, 11) is 1.38. The molecule has 16 heavy (non-hydrogen) atoms. The van der Waals surface area contributed by atoms with Crippen LogP contribution in [-0.4, -0.2) is 44.8 Å². The molecule has 0 atom stereocenters. The Labute approximate surface area is 93.3 Å². The fraction of sp³-hybridized carbons (Fsp3) is 0.667. The van der Waals surface area contributed by atoms with Crippen molar-refractivity contribution in [3.63, 3.8) is 0 Å². The first-order valence-corrected chi connectivity index (χ1v) is 4.70. The number of nitrogens with zero attached hydrogens (tertiary/aromatic N) is 1. The minimum absolute atomic E-state index is 0.127. The maximum atomic E-state index is 11.3. The SMILES string of the molecule is CCOC(=O)C(=NOCOC)C(=O)OCC. The second kappa shape index (κ2) is 8.66. The molecule has 0 saturated heterocycles. The molecule has 0 aromatic heterocycles. The van der Waals surface area contributed by atoms with Crippen molar-refractivity contribution in [3.8, 4) is 0 Å². The third-order valence-electron chi connectivity index (χ3n) is 1.26. The van der Waals surface area contributed by atoms with Crippen LogP contribution in [0.15, 0.2) is 5.16 Å². The van der Waals surface area contributed by atoms with Gasteiger partial charge < -0.3 is 19.0 Å². The Morgan fingerprint density at radius 2 is 1.56 bits per heavy atom. The van der Waals surface area contributed by atoms with Crippen molar-refractivity contribution in [1.82, 2.24) is 0 Å². The van der Waals surface area contributed by atoms with Crippen molar-refractivity contribution in [2.45, 2.75) is 13.8 Å². The molecule has 0 aliphatic heterocycles. The average Bonchev–Trinajstić information content (AvgIpc) is 2.25. The number of esters is 2. The number of carbonyl (C=O) groups excluding carboxylic acids is 2. The van der Waals surface area contributed by atoms with Gasteiger partial charge in [0.25, 0.3) is 5.71 Å². The van der Waals surface area contributed by atoms with Crippen LogP contribution in [-0.2, 0) is 28.6 Å². The maximum absolute atomic E-state index is 11.3. The second-order valence-corrected chi connectivity index (χ2v) is 2.42. The summed E-state index contributed by atoms with van der Waals surface area (Å²) in [6.07, 6.45) is 0. The third-order valence-corrected chi connectivity index (χ3v) is 1.26. The molecule has 0 amide bonds. The molecule has 0 aliphatic carbocycles. The molecule has 0 saturated carbocycles. The van der Waals surface area contributed by atoms with Crippen molar-refractivity contribution in [3.05, 3.63) is 0 Å². The molecule has 0 aromatic rings. The van der Waals surface area contributed by atoms with Crippen LogP contribution in [0.4, 0.5) is 0 Å². The fourth-order valence-electron chi connectivity index (χ4n) is 0.700. The predicted molar refractivity (Wildman–Crippen MR) is 53.7 cm³/mol. The molecule has 0 N–H and O–H groups in total. The van der Waals surface area contributed by atoms with Crippen molar-refractivity contribution in [1.29, 1.82) is 0 Å². The first-order valence-electron chi connectivity index (χ1n) is 4.70. The van der Waals surface area contributed by atoms with Crippen LogP contribution in [0.1, 0.15) is 13.8 Å². The second-order valence-electron chi connectivity index (χ2n) is 2.42. The van der Waals surface area contributed by atoms with Crippen LogP contribution in [0.2, 0.25) is 0 Å². The third kappa shape index (κ3) is 5.30. The Morgan fingerprint density at radius 3 is 1.94 bits per heavy atom. The largest absolute Gasteiger partial charge is 0.461 e. The van der Waals surface area contributed by atoms with Crippen LogP contribution in [0.25, 0.3) is 0 Å². The summed E-state index contributed by atoms with van der Waals surface area (Å²) in [6, 6.07) is 0. The van der Waals surface area contributed by atoms with E-state index in [2.05, 4.69) is 24.2 Å². The lowest BCUT2D eigenvalue weighted by Crippen LogP contribution is -2.28. The number of hydrogen-bond donors (Lipinski definition) is 0. The molecule has 0 fully saturated rings. The first-order chi connectivity index (χ1) is 7.67. The van der Waals surface area contributed by atoms with Crippen molar-refractivity contribution >= 4 is 17.7 Å². The van der Waals surface area contributed by atoms with E-state index < -0.39 is 17.7 Å². The van der Waals surface area contributed by atoms with Crippen molar-refractivity contribution < 1.29 is 28.6 Å². The summed E-state index contributed by atoms with van der Waals surface area (Å²) in [6.45, 7) is 3.29. The number of oxime groups is 1. The van der Waals surface area contributed by atoms with E-state index in [1.807, 2.05) is 0 Å². The normalized spacial score (nSPS) is 9.19. The Morgan fingerprint density at radius 1 is 1.06 bits per heavy atom. The van der Waals surface area contributed by atoms with Crippen LogP contribution in [0.5, 0.6) is 0 Å². The highest BCUT2D eigenvalue weighted by molar-refractivity contribution is 6.62. The summed E-state index contributed by atoms with van der Waals surface area (Å²) in [5.74, 6) is -1.78. The van der Waals surface area contributed by atoms with Gasteiger partial charge >= 0.3 is 11.9 Å². The molecule has 0 aliphatic rings. The van der Waals surface area contributed by atoms with Gasteiger partial charge in [0.05, 0.1) is 13.2 Å². The molecular formula is C9H15NO6. The first kappa shape index (κ1) is 14.4. The molecule has 7 heteroatoms. The minimum atomic E-state index is -0.892. The molecule has 0 unspecified atom stereocenters. The van der Waals surface area contributed by atoms with Gasteiger partial charge in [0.15, 0.2) is 0 Å². The zero-order chi connectivity index (χ0) is 12.4. The van der Waals surface area contributed by atoms with E-state index in [1.54, 1.807) is 13.8 Å². The van der Waals surface area contributed by atoms with Crippen molar-refractivity contribution in [2.24, 2.45) is 5.16 Å². The monoisotopic (exact) mass is 233 g/mol. The summed E-state index contributed by atoms with van der Waals surface area (Å²) >= 11 is 0. The van der Waals surface area contributed by atoms with Crippen LogP contribution >= 0.6 is 0 Å². The molecule has 0 aromatic carbocycles. The van der Waals surface area contributed by atoms with Gasteiger partial charge in [0, 0.05) is 7.11 Å². The number of hydrogen-bond acceptors (Lipinski definition) is 7. The predicted octanol–water partition coefficient (Wildman–Crippen LogP) is 0.0891. The smallest absolute Gasteiger partial charge is 0.368 e. The lowest BCUT2D eigenvalue weighted by molar-refractivity contribution is -0.141. The van der Waals surface area contributed by atoms with E-state index in [0.29, 0.717) is 0 Å². The number of methoxy groups -OCH3 is 1. The standard InChI is InChI=1S/C9H15NO6/c1-4-14-8(11)7(9(12)15-5-2)10-16-6-13-3/h4-6H2,1-3H3. The molecule has 0 radical (unpaired) electrons. The Balaban J connectivity index is 4.55. The zero-order valence-corrected chi connectivity index (χ0v) is 9.52. The van der Waals surface area contributed by atoms with Crippen molar-refractivity contribution in [2.75, 3.05) is 27.1 Å². The average molecular weight is 233 g/mol. The van der Waals surface area contributed by atoms with Crippen LogP contribution < -0.4 is 0 Å². The van der Waals surface area contributed by atoms with Gasteiger partial charge in [0.2, 0.25) is 6.79 Å². The van der Waals surface area contributed by atoms with Gasteiger partial charge in [-0.3, -0.25) is 0 Å². The van der Waals surface area contributed by atoms with E-state index in [1.165, 1.54) is 7.11 Å². The number of rotatable bonds is 7. The molecule has 0 bridgehead atoms. The maximum Gasteiger partial charge on any atom is 0.368 e. The highest BCUT2D eigenvalue weighted by Crippen LogP contribution is 1.92. The molecule has 0 heterocycles. The number of carbonyl (C=O) groups is 2. The number of ether oxygens (including phenoxy) is 3. The van der Waals surface area contributed by atoms with Gasteiger partial charge in [-0.15, -0.1) is 0 Å². The minimum Gasteiger partial charge on any atom is -0.461 e. The van der Waals surface area contributed by atoms with E-state index in [-0.39, 0.29) is 20.0 Å². The molecule has 0 spiro atoms. The van der Waals surface area contributed by atoms with Crippen LogP contribution in [0, 0.1) is 0 Å². The van der Waals surface area contributed by atoms with Gasteiger partial charge in [-0.25, -0.2) is 9.59 Å². The molecule has 7 nitrogen and oxygen atoms in total. The summed E-state index contributed by atoms with van der Waals surface area (Å²) in [4.78, 5) is 27.1. The fourth-order valence-corrected chi connectivity index (χ4v) is 0.700. The lowest BCUT2D eigenvalue weighted by Gasteiger charge is -2.05.